The van der Waals surface area contributed by atoms with E-state index in [4.69, 9.17) is 4.74 Å². The van der Waals surface area contributed by atoms with Crippen LogP contribution < -0.4 is 10.9 Å². The quantitative estimate of drug-likeness (QED) is 0.384. The van der Waals surface area contributed by atoms with Crippen LogP contribution in [0.3, 0.4) is 0 Å². The molecule has 1 aromatic carbocycles. The van der Waals surface area contributed by atoms with Crippen LogP contribution in [0.5, 0.6) is 0 Å². The molecule has 3 aliphatic rings. The van der Waals surface area contributed by atoms with E-state index in [1.807, 2.05) is 0 Å². The van der Waals surface area contributed by atoms with Gasteiger partial charge in [0.1, 0.15) is 19.0 Å². The molecule has 2 atom stereocenters. The van der Waals surface area contributed by atoms with Crippen molar-refractivity contribution >= 4 is 22.8 Å². The SMILES string of the molecule is O=C(CO)NC1CCc2cc(F)cc3nc4c(c1c23)Cn1c-4cc2c(c1=O)COC(=O)C2O. The van der Waals surface area contributed by atoms with Gasteiger partial charge in [-0.2, -0.15) is 0 Å². The topological polar surface area (TPSA) is 131 Å². The summed E-state index contributed by atoms with van der Waals surface area (Å²) in [4.78, 5) is 41.8. The van der Waals surface area contributed by atoms with Gasteiger partial charge < -0.3 is 24.8 Å². The normalized spacial score (nSPS) is 20.2. The molecule has 1 amide bonds. The number of aliphatic hydroxyl groups is 2. The first-order chi connectivity index (χ1) is 15.9. The second-order valence-electron chi connectivity index (χ2n) is 8.49. The number of ether oxygens (including phenoxy) is 1. The summed E-state index contributed by atoms with van der Waals surface area (Å²) in [7, 11) is 0. The summed E-state index contributed by atoms with van der Waals surface area (Å²) < 4.78 is 20.8. The fraction of sp³-hybridized carbons (Fsp3) is 0.304. The number of hydrogen-bond donors (Lipinski definition) is 3. The molecule has 1 aliphatic carbocycles. The van der Waals surface area contributed by atoms with Crippen LogP contribution in [0.25, 0.3) is 22.3 Å². The van der Waals surface area contributed by atoms with E-state index in [1.165, 1.54) is 16.7 Å². The highest BCUT2D eigenvalue weighted by Crippen LogP contribution is 2.44. The predicted octanol–water partition coefficient (Wildman–Crippen LogP) is 0.750. The van der Waals surface area contributed by atoms with Gasteiger partial charge in [0.15, 0.2) is 6.10 Å². The Labute approximate surface area is 185 Å². The third-order valence-electron chi connectivity index (χ3n) is 6.68. The average Bonchev–Trinajstić information content (AvgIpc) is 3.16. The van der Waals surface area contributed by atoms with Crippen molar-refractivity contribution in [2.45, 2.75) is 38.1 Å². The zero-order chi connectivity index (χ0) is 23.0. The van der Waals surface area contributed by atoms with Crippen molar-refractivity contribution in [3.8, 4) is 11.4 Å². The van der Waals surface area contributed by atoms with Gasteiger partial charge in [-0.05, 0) is 36.1 Å². The van der Waals surface area contributed by atoms with Crippen molar-refractivity contribution in [2.75, 3.05) is 6.61 Å². The van der Waals surface area contributed by atoms with Gasteiger partial charge in [0, 0.05) is 22.6 Å². The fourth-order valence-corrected chi connectivity index (χ4v) is 5.25. The second kappa shape index (κ2) is 6.93. The molecule has 4 heterocycles. The van der Waals surface area contributed by atoms with Crippen LogP contribution in [0.15, 0.2) is 23.0 Å². The number of carbonyl (C=O) groups is 2. The molecule has 0 bridgehead atoms. The Balaban J connectivity index is 1.64. The lowest BCUT2D eigenvalue weighted by molar-refractivity contribution is -0.157. The number of benzene rings is 1. The van der Waals surface area contributed by atoms with Crippen molar-refractivity contribution in [1.82, 2.24) is 14.9 Å². The summed E-state index contributed by atoms with van der Waals surface area (Å²) in [5, 5.41) is 23.1. The van der Waals surface area contributed by atoms with Crippen molar-refractivity contribution in [3.05, 3.63) is 62.2 Å². The summed E-state index contributed by atoms with van der Waals surface area (Å²) in [5.74, 6) is -1.80. The Hall–Kier alpha value is -3.63. The monoisotopic (exact) mass is 451 g/mol. The molecule has 10 heteroatoms. The molecule has 168 valence electrons. The molecule has 0 spiro atoms. The number of amides is 1. The van der Waals surface area contributed by atoms with Crippen LogP contribution in [-0.2, 0) is 33.9 Å². The number of nitrogens with one attached hydrogen (secondary N) is 1. The minimum Gasteiger partial charge on any atom is -0.458 e. The van der Waals surface area contributed by atoms with Crippen LogP contribution in [0, 0.1) is 5.82 Å². The molecule has 6 rings (SSSR count). The van der Waals surface area contributed by atoms with E-state index in [0.29, 0.717) is 35.3 Å². The molecule has 0 saturated heterocycles. The first kappa shape index (κ1) is 20.0. The molecule has 0 saturated carbocycles. The van der Waals surface area contributed by atoms with E-state index in [-0.39, 0.29) is 24.3 Å². The molecular weight excluding hydrogens is 433 g/mol. The maximum Gasteiger partial charge on any atom is 0.340 e. The summed E-state index contributed by atoms with van der Waals surface area (Å²) in [6, 6.07) is 3.88. The number of pyridine rings is 2. The van der Waals surface area contributed by atoms with E-state index in [1.54, 1.807) is 6.07 Å². The molecule has 2 unspecified atom stereocenters. The molecule has 3 aromatic rings. The van der Waals surface area contributed by atoms with E-state index in [0.717, 1.165) is 16.5 Å². The number of fused-ring (bicyclic) bond motifs is 5. The Morgan fingerprint density at radius 1 is 1.27 bits per heavy atom. The smallest absolute Gasteiger partial charge is 0.340 e. The Bertz CT molecular complexity index is 1460. The van der Waals surface area contributed by atoms with Crippen LogP contribution in [0.1, 0.15) is 46.4 Å². The molecule has 9 nitrogen and oxygen atoms in total. The standard InChI is InChI=1S/C23H18FN3O6/c24-10-3-9-1-2-14(25-17(29)7-28)19-12-6-27-16(20(12)26-15(4-10)18(9)19)5-11-13(22(27)31)8-33-23(32)21(11)30/h3-5,14,21,28,30H,1-2,6-8H2,(H,25,29). The maximum atomic E-state index is 14.4. The molecule has 0 radical (unpaired) electrons. The minimum absolute atomic E-state index is 0.168. The fourth-order valence-electron chi connectivity index (χ4n) is 5.25. The third kappa shape index (κ3) is 2.77. The van der Waals surface area contributed by atoms with E-state index in [9.17, 15) is 29.0 Å². The maximum absolute atomic E-state index is 14.4. The number of cyclic esters (lactones) is 1. The van der Waals surface area contributed by atoms with Crippen molar-refractivity contribution < 1.29 is 28.9 Å². The van der Waals surface area contributed by atoms with E-state index in [2.05, 4.69) is 10.3 Å². The number of halogens is 1. The number of aryl methyl sites for hydroxylation is 1. The van der Waals surface area contributed by atoms with Gasteiger partial charge in [0.25, 0.3) is 5.56 Å². The molecule has 2 aromatic heterocycles. The van der Waals surface area contributed by atoms with Gasteiger partial charge >= 0.3 is 5.97 Å². The highest BCUT2D eigenvalue weighted by molar-refractivity contribution is 5.93. The highest BCUT2D eigenvalue weighted by atomic mass is 19.1. The first-order valence-electron chi connectivity index (χ1n) is 10.5. The lowest BCUT2D eigenvalue weighted by Gasteiger charge is -2.28. The number of rotatable bonds is 2. The van der Waals surface area contributed by atoms with Crippen molar-refractivity contribution in [2.24, 2.45) is 0 Å². The second-order valence-corrected chi connectivity index (χ2v) is 8.49. The summed E-state index contributed by atoms with van der Waals surface area (Å²) in [6.45, 7) is -0.726. The average molecular weight is 451 g/mol. The Morgan fingerprint density at radius 2 is 2.09 bits per heavy atom. The lowest BCUT2D eigenvalue weighted by Crippen LogP contribution is -2.33. The van der Waals surface area contributed by atoms with Crippen molar-refractivity contribution in [3.63, 3.8) is 0 Å². The van der Waals surface area contributed by atoms with Gasteiger partial charge in [-0.25, -0.2) is 14.2 Å². The van der Waals surface area contributed by atoms with Crippen molar-refractivity contribution in [1.29, 1.82) is 0 Å². The third-order valence-corrected chi connectivity index (χ3v) is 6.68. The highest BCUT2D eigenvalue weighted by Gasteiger charge is 2.37. The summed E-state index contributed by atoms with van der Waals surface area (Å²) in [6.07, 6.45) is -0.558. The zero-order valence-electron chi connectivity index (χ0n) is 17.2. The number of aromatic nitrogens is 2. The number of esters is 1. The van der Waals surface area contributed by atoms with Crippen LogP contribution in [0.2, 0.25) is 0 Å². The molecule has 0 fully saturated rings. The summed E-state index contributed by atoms with van der Waals surface area (Å²) in [5.41, 5.74) is 3.43. The van der Waals surface area contributed by atoms with Gasteiger partial charge in [-0.3, -0.25) is 9.59 Å². The number of aliphatic hydroxyl groups excluding tert-OH is 2. The molecular formula is C23H18FN3O6. The zero-order valence-corrected chi connectivity index (χ0v) is 17.2. The molecule has 2 aliphatic heterocycles. The van der Waals surface area contributed by atoms with Crippen LogP contribution in [0.4, 0.5) is 4.39 Å². The largest absolute Gasteiger partial charge is 0.458 e. The number of nitrogens with zero attached hydrogens (tertiary/aromatic N) is 2. The molecule has 33 heavy (non-hydrogen) atoms. The first-order valence-corrected chi connectivity index (χ1v) is 10.5. The summed E-state index contributed by atoms with van der Waals surface area (Å²) >= 11 is 0. The van der Waals surface area contributed by atoms with E-state index >= 15 is 0 Å². The van der Waals surface area contributed by atoms with Gasteiger partial charge in [0.05, 0.1) is 35.1 Å². The lowest BCUT2D eigenvalue weighted by atomic mass is 9.83. The minimum atomic E-state index is -1.57. The van der Waals surface area contributed by atoms with Crippen LogP contribution >= 0.6 is 0 Å². The van der Waals surface area contributed by atoms with E-state index < -0.39 is 42.0 Å². The molecule has 3 N–H and O–H groups in total. The Morgan fingerprint density at radius 3 is 2.88 bits per heavy atom. The van der Waals surface area contributed by atoms with Crippen LogP contribution in [-0.4, -0.2) is 38.2 Å². The van der Waals surface area contributed by atoms with Gasteiger partial charge in [0.2, 0.25) is 5.91 Å². The Kier molecular flexibility index (Phi) is 4.20. The number of carbonyl (C=O) groups excluding carboxylic acids is 2. The number of hydrogen-bond acceptors (Lipinski definition) is 7. The van der Waals surface area contributed by atoms with Gasteiger partial charge in [-0.1, -0.05) is 0 Å². The van der Waals surface area contributed by atoms with Gasteiger partial charge in [-0.15, -0.1) is 0 Å². The predicted molar refractivity (Wildman–Crippen MR) is 112 cm³/mol.